The van der Waals surface area contributed by atoms with Crippen molar-refractivity contribution in [3.05, 3.63) is 82.9 Å². The third kappa shape index (κ3) is 4.61. The number of nitrogens with zero attached hydrogens (tertiary/aromatic N) is 4. The third-order valence-corrected chi connectivity index (χ3v) is 7.13. The molecule has 0 aliphatic carbocycles. The van der Waals surface area contributed by atoms with Crippen molar-refractivity contribution in [1.29, 1.82) is 0 Å². The summed E-state index contributed by atoms with van der Waals surface area (Å²) in [6.07, 6.45) is 0. The Balaban J connectivity index is 1.60. The predicted octanol–water partition coefficient (Wildman–Crippen LogP) is 4.19. The topological polar surface area (TPSA) is 113 Å². The van der Waals surface area contributed by atoms with E-state index in [4.69, 9.17) is 14.2 Å². The Labute approximate surface area is 228 Å². The number of hydrogen-bond acceptors (Lipinski definition) is 9. The highest BCUT2D eigenvalue weighted by molar-refractivity contribution is 7.99. The molecule has 1 aromatic heterocycles. The molecule has 1 aliphatic rings. The maximum atomic E-state index is 13.5. The van der Waals surface area contributed by atoms with Gasteiger partial charge >= 0.3 is 0 Å². The van der Waals surface area contributed by atoms with Gasteiger partial charge in [-0.05, 0) is 31.2 Å². The average molecular weight is 545 g/mol. The molecule has 4 aromatic rings. The van der Waals surface area contributed by atoms with E-state index in [0.29, 0.717) is 28.4 Å². The second kappa shape index (κ2) is 10.6. The first-order valence-electron chi connectivity index (χ1n) is 11.8. The molecule has 2 heterocycles. The third-order valence-electron chi connectivity index (χ3n) is 6.21. The van der Waals surface area contributed by atoms with Gasteiger partial charge in [-0.25, -0.2) is 0 Å². The number of Topliss-reactive ketones (excluding diaryl/α,β-unsaturated/α-hetero) is 1. The average Bonchev–Trinajstić information content (AvgIpc) is 3.48. The minimum atomic E-state index is -0.532. The molecule has 0 saturated heterocycles. The number of fused-ring (bicyclic) bond motifs is 1. The highest BCUT2D eigenvalue weighted by Gasteiger charge is 2.40. The summed E-state index contributed by atoms with van der Waals surface area (Å²) in [7, 11) is 4.45. The van der Waals surface area contributed by atoms with E-state index in [1.807, 2.05) is 19.1 Å². The summed E-state index contributed by atoms with van der Waals surface area (Å²) in [6, 6.07) is 17.1. The van der Waals surface area contributed by atoms with Crippen molar-refractivity contribution in [3.8, 4) is 28.6 Å². The van der Waals surface area contributed by atoms with Crippen molar-refractivity contribution in [2.75, 3.05) is 32.1 Å². The van der Waals surface area contributed by atoms with Gasteiger partial charge in [-0.2, -0.15) is 9.69 Å². The van der Waals surface area contributed by atoms with Gasteiger partial charge in [0.25, 0.3) is 11.8 Å². The van der Waals surface area contributed by atoms with Crippen LogP contribution in [0.4, 0.5) is 0 Å². The van der Waals surface area contributed by atoms with Crippen LogP contribution in [0.5, 0.6) is 17.2 Å². The number of amides is 2. The number of ketones is 1. The van der Waals surface area contributed by atoms with E-state index in [1.165, 1.54) is 26.0 Å². The van der Waals surface area contributed by atoms with Gasteiger partial charge < -0.3 is 14.2 Å². The molecule has 0 atom stereocenters. The summed E-state index contributed by atoms with van der Waals surface area (Å²) in [5.41, 5.74) is 2.56. The zero-order valence-electron chi connectivity index (χ0n) is 21.6. The molecule has 2 amide bonds. The number of benzene rings is 3. The molecule has 5 rings (SSSR count). The number of aromatic nitrogens is 3. The van der Waals surface area contributed by atoms with E-state index in [0.717, 1.165) is 22.3 Å². The molecule has 0 unspecified atom stereocenters. The van der Waals surface area contributed by atoms with Gasteiger partial charge in [0.1, 0.15) is 0 Å². The van der Waals surface area contributed by atoms with Crippen LogP contribution >= 0.6 is 11.8 Å². The number of methoxy groups -OCH3 is 3. The van der Waals surface area contributed by atoms with Crippen molar-refractivity contribution in [1.82, 2.24) is 14.9 Å². The van der Waals surface area contributed by atoms with E-state index in [2.05, 4.69) is 10.2 Å². The number of hydrogen-bond donors (Lipinski definition) is 0. The molecule has 0 fully saturated rings. The number of rotatable bonds is 9. The molecular formula is C28H24N4O6S. The monoisotopic (exact) mass is 544 g/mol. The van der Waals surface area contributed by atoms with Crippen LogP contribution in [0, 0.1) is 6.92 Å². The number of thioether (sulfide) groups is 1. The molecule has 0 saturated carbocycles. The van der Waals surface area contributed by atoms with E-state index >= 15 is 0 Å². The Kier molecular flexibility index (Phi) is 7.07. The summed E-state index contributed by atoms with van der Waals surface area (Å²) >= 11 is 1.07. The molecule has 0 bridgehead atoms. The highest BCUT2D eigenvalue weighted by Crippen LogP contribution is 2.41. The Hall–Kier alpha value is -4.64. The largest absolute Gasteiger partial charge is 0.493 e. The van der Waals surface area contributed by atoms with Crippen molar-refractivity contribution in [2.45, 2.75) is 12.1 Å². The number of ether oxygens (including phenoxy) is 3. The van der Waals surface area contributed by atoms with Gasteiger partial charge in [0.15, 0.2) is 23.1 Å². The second-order valence-corrected chi connectivity index (χ2v) is 9.52. The molecule has 0 spiro atoms. The van der Waals surface area contributed by atoms with Gasteiger partial charge in [0.2, 0.25) is 10.9 Å². The summed E-state index contributed by atoms with van der Waals surface area (Å²) in [5.74, 6) is 0.0698. The fourth-order valence-corrected chi connectivity index (χ4v) is 5.05. The van der Waals surface area contributed by atoms with Gasteiger partial charge in [0, 0.05) is 11.1 Å². The summed E-state index contributed by atoms with van der Waals surface area (Å²) in [4.78, 5) is 39.8. The molecule has 198 valence electrons. The zero-order valence-corrected chi connectivity index (χ0v) is 22.4. The number of carbonyl (C=O) groups is 3. The van der Waals surface area contributed by atoms with Crippen LogP contribution in [0.3, 0.4) is 0 Å². The van der Waals surface area contributed by atoms with Crippen molar-refractivity contribution >= 4 is 29.4 Å². The van der Waals surface area contributed by atoms with Crippen LogP contribution in [0.2, 0.25) is 0 Å². The van der Waals surface area contributed by atoms with Gasteiger partial charge in [0.05, 0.1) is 38.2 Å². The molecule has 39 heavy (non-hydrogen) atoms. The van der Waals surface area contributed by atoms with Crippen LogP contribution in [-0.2, 0) is 0 Å². The van der Waals surface area contributed by atoms with E-state index in [-0.39, 0.29) is 33.6 Å². The van der Waals surface area contributed by atoms with Crippen molar-refractivity contribution < 1.29 is 28.6 Å². The Bertz CT molecular complexity index is 1540. The van der Waals surface area contributed by atoms with Crippen molar-refractivity contribution in [3.63, 3.8) is 0 Å². The molecule has 3 aromatic carbocycles. The summed E-state index contributed by atoms with van der Waals surface area (Å²) in [5, 5.41) is 9.76. The lowest BCUT2D eigenvalue weighted by molar-refractivity contribution is 0.0882. The molecule has 0 radical (unpaired) electrons. The smallest absolute Gasteiger partial charge is 0.281 e. The first kappa shape index (κ1) is 26.0. The normalized spacial score (nSPS) is 12.5. The quantitative estimate of drug-likeness (QED) is 0.174. The van der Waals surface area contributed by atoms with Crippen LogP contribution in [-0.4, -0.2) is 59.6 Å². The fraction of sp³-hybridized carbons (Fsp3) is 0.179. The van der Waals surface area contributed by atoms with Crippen LogP contribution in [0.1, 0.15) is 36.6 Å². The first-order valence-corrected chi connectivity index (χ1v) is 12.8. The molecule has 1 aliphatic heterocycles. The minimum absolute atomic E-state index is 0.0135. The Morgan fingerprint density at radius 3 is 1.97 bits per heavy atom. The van der Waals surface area contributed by atoms with Crippen LogP contribution in [0.15, 0.2) is 65.8 Å². The fourth-order valence-electron chi connectivity index (χ4n) is 4.24. The first-order chi connectivity index (χ1) is 18.9. The Morgan fingerprint density at radius 2 is 1.44 bits per heavy atom. The van der Waals surface area contributed by atoms with Gasteiger partial charge in [-0.15, -0.1) is 10.2 Å². The van der Waals surface area contributed by atoms with Crippen LogP contribution in [0.25, 0.3) is 11.4 Å². The van der Waals surface area contributed by atoms with E-state index in [9.17, 15) is 14.4 Å². The Morgan fingerprint density at radius 1 is 0.846 bits per heavy atom. The maximum absolute atomic E-state index is 13.5. The van der Waals surface area contributed by atoms with E-state index < -0.39 is 11.8 Å². The molecule has 0 N–H and O–H groups in total. The lowest BCUT2D eigenvalue weighted by Gasteiger charge is -2.20. The molecular weight excluding hydrogens is 520 g/mol. The highest BCUT2D eigenvalue weighted by atomic mass is 32.2. The lowest BCUT2D eigenvalue weighted by atomic mass is 10.1. The lowest BCUT2D eigenvalue weighted by Crippen LogP contribution is -2.41. The minimum Gasteiger partial charge on any atom is -0.493 e. The number of imide groups is 1. The van der Waals surface area contributed by atoms with Crippen LogP contribution < -0.4 is 19.2 Å². The van der Waals surface area contributed by atoms with Gasteiger partial charge in [-0.1, -0.05) is 53.7 Å². The van der Waals surface area contributed by atoms with Gasteiger partial charge in [-0.3, -0.25) is 14.4 Å². The predicted molar refractivity (Wildman–Crippen MR) is 145 cm³/mol. The number of aryl methyl sites for hydroxylation is 1. The van der Waals surface area contributed by atoms with Crippen molar-refractivity contribution in [2.24, 2.45) is 0 Å². The second-order valence-electron chi connectivity index (χ2n) is 8.58. The van der Waals surface area contributed by atoms with E-state index in [1.54, 1.807) is 48.5 Å². The summed E-state index contributed by atoms with van der Waals surface area (Å²) in [6.45, 7) is 1.94. The zero-order chi connectivity index (χ0) is 27.7. The SMILES string of the molecule is COc1cc(-c2nnc(SCC(=O)c3ccc(C)cc3)n2N2C(=O)c3ccccc3C2=O)cc(OC)c1OC. The number of carbonyl (C=O) groups excluding carboxylic acids is 3. The molecule has 11 heteroatoms. The summed E-state index contributed by atoms with van der Waals surface area (Å²) < 4.78 is 17.7. The standard InChI is InChI=1S/C28H24N4O6S/c1-16-9-11-17(12-10-16)21(33)15-39-28-30-29-25(18-13-22(36-2)24(38-4)23(14-18)37-3)31(28)32-26(34)19-7-5-6-8-20(19)27(32)35/h5-14H,15H2,1-4H3. The molecule has 10 nitrogen and oxygen atoms in total. The maximum Gasteiger partial charge on any atom is 0.281 e.